The van der Waals surface area contributed by atoms with Crippen LogP contribution in [-0.2, 0) is 11.3 Å². The number of anilines is 1. The van der Waals surface area contributed by atoms with E-state index in [9.17, 15) is 0 Å². The van der Waals surface area contributed by atoms with Crippen LogP contribution in [0.2, 0.25) is 0 Å². The van der Waals surface area contributed by atoms with Crippen LogP contribution < -0.4 is 5.32 Å². The molecule has 25 heavy (non-hydrogen) atoms. The molecule has 0 saturated carbocycles. The molecule has 4 heterocycles. The van der Waals surface area contributed by atoms with Crippen LogP contribution in [0.3, 0.4) is 0 Å². The zero-order chi connectivity index (χ0) is 17.1. The highest BCUT2D eigenvalue weighted by atomic mass is 32.1. The fourth-order valence-electron chi connectivity index (χ4n) is 3.96. The Bertz CT molecular complexity index is 757. The van der Waals surface area contributed by atoms with Crippen LogP contribution in [0.1, 0.15) is 29.8 Å². The molecule has 1 N–H and O–H groups in total. The number of nitrogens with zero attached hydrogens (tertiary/aromatic N) is 3. The quantitative estimate of drug-likeness (QED) is 0.913. The first kappa shape index (κ1) is 16.5. The number of thiophene rings is 1. The van der Waals surface area contributed by atoms with Crippen LogP contribution in [0.4, 0.5) is 5.82 Å². The van der Waals surface area contributed by atoms with Crippen molar-refractivity contribution < 1.29 is 4.74 Å². The number of piperidine rings is 1. The van der Waals surface area contributed by atoms with E-state index in [-0.39, 0.29) is 11.6 Å². The number of hydrogen-bond acceptors (Lipinski definition) is 6. The molecule has 0 aliphatic carbocycles. The second-order valence-electron chi connectivity index (χ2n) is 6.95. The number of aromatic nitrogens is 1. The molecular formula is C19H22N4OS. The minimum atomic E-state index is -0.0417. The summed E-state index contributed by atoms with van der Waals surface area (Å²) in [6.45, 7) is 3.86. The van der Waals surface area contributed by atoms with Gasteiger partial charge < -0.3 is 10.1 Å². The van der Waals surface area contributed by atoms with E-state index < -0.39 is 0 Å². The number of pyridine rings is 1. The molecule has 5 nitrogen and oxygen atoms in total. The van der Waals surface area contributed by atoms with Crippen molar-refractivity contribution in [2.75, 3.05) is 25.0 Å². The first-order valence-electron chi connectivity index (χ1n) is 8.77. The summed E-state index contributed by atoms with van der Waals surface area (Å²) >= 11 is 1.82. The highest BCUT2D eigenvalue weighted by Crippen LogP contribution is 2.36. The Hall–Kier alpha value is -1.94. The maximum Gasteiger partial charge on any atom is 0.142 e. The molecule has 2 aliphatic heterocycles. The average molecular weight is 354 g/mol. The molecule has 2 fully saturated rings. The van der Waals surface area contributed by atoms with Crippen LogP contribution in [0.15, 0.2) is 35.7 Å². The fraction of sp³-hybridized carbons (Fsp3) is 0.474. The van der Waals surface area contributed by atoms with Crippen molar-refractivity contribution >= 4 is 17.2 Å². The number of nitriles is 1. The summed E-state index contributed by atoms with van der Waals surface area (Å²) in [5.41, 5.74) is 0.401. The molecule has 0 unspecified atom stereocenters. The van der Waals surface area contributed by atoms with Crippen molar-refractivity contribution in [2.24, 2.45) is 0 Å². The van der Waals surface area contributed by atoms with Crippen LogP contribution >= 0.6 is 11.3 Å². The van der Waals surface area contributed by atoms with Crippen molar-refractivity contribution in [1.29, 1.82) is 5.26 Å². The van der Waals surface area contributed by atoms with Crippen LogP contribution in [0, 0.1) is 11.3 Å². The second-order valence-corrected chi connectivity index (χ2v) is 7.99. The van der Waals surface area contributed by atoms with Crippen LogP contribution in [-0.4, -0.2) is 41.2 Å². The molecular weight excluding hydrogens is 332 g/mol. The van der Waals surface area contributed by atoms with Crippen molar-refractivity contribution in [1.82, 2.24) is 9.88 Å². The van der Waals surface area contributed by atoms with E-state index in [0.717, 1.165) is 38.3 Å². The largest absolute Gasteiger partial charge is 0.371 e. The minimum absolute atomic E-state index is 0.0417. The molecule has 130 valence electrons. The van der Waals surface area contributed by atoms with Crippen LogP contribution in [0.25, 0.3) is 0 Å². The molecule has 2 atom stereocenters. The smallest absolute Gasteiger partial charge is 0.142 e. The topological polar surface area (TPSA) is 61.2 Å². The van der Waals surface area contributed by atoms with E-state index in [1.165, 1.54) is 11.3 Å². The third-order valence-electron chi connectivity index (χ3n) is 5.00. The third kappa shape index (κ3) is 3.84. The van der Waals surface area contributed by atoms with Gasteiger partial charge in [-0.3, -0.25) is 4.90 Å². The van der Waals surface area contributed by atoms with E-state index >= 15 is 0 Å². The lowest BCUT2D eigenvalue weighted by atomic mass is 9.88. The Morgan fingerprint density at radius 1 is 1.40 bits per heavy atom. The predicted octanol–water partition coefficient (Wildman–Crippen LogP) is 3.25. The SMILES string of the molecule is N#Cc1cccc(N[C@H]2CO[C@]3(CCCN(Cc4cccs4)C3)C2)n1. The molecule has 2 saturated heterocycles. The zero-order valence-corrected chi connectivity index (χ0v) is 15.0. The molecule has 6 heteroatoms. The molecule has 4 rings (SSSR count). The number of nitrogens with one attached hydrogen (secondary N) is 1. The summed E-state index contributed by atoms with van der Waals surface area (Å²) in [4.78, 5) is 8.26. The Kier molecular flexibility index (Phi) is 4.71. The number of likely N-dealkylation sites (tertiary alicyclic amines) is 1. The van der Waals surface area contributed by atoms with Crippen molar-refractivity contribution in [2.45, 2.75) is 37.5 Å². The van der Waals surface area contributed by atoms with E-state index in [1.807, 2.05) is 23.5 Å². The maximum absolute atomic E-state index is 8.99. The molecule has 0 amide bonds. The van der Waals surface area contributed by atoms with E-state index in [4.69, 9.17) is 10.00 Å². The highest BCUT2D eigenvalue weighted by molar-refractivity contribution is 7.09. The van der Waals surface area contributed by atoms with Gasteiger partial charge in [0.2, 0.25) is 0 Å². The third-order valence-corrected chi connectivity index (χ3v) is 5.86. The molecule has 0 bridgehead atoms. The first-order chi connectivity index (χ1) is 12.2. The Labute approximate surface area is 152 Å². The van der Waals surface area contributed by atoms with Gasteiger partial charge in [0.15, 0.2) is 0 Å². The highest BCUT2D eigenvalue weighted by Gasteiger charge is 2.43. The fourth-order valence-corrected chi connectivity index (χ4v) is 4.70. The zero-order valence-electron chi connectivity index (χ0n) is 14.1. The summed E-state index contributed by atoms with van der Waals surface area (Å²) in [5.74, 6) is 0.760. The lowest BCUT2D eigenvalue weighted by Crippen LogP contribution is -2.47. The summed E-state index contributed by atoms with van der Waals surface area (Å²) in [7, 11) is 0. The summed E-state index contributed by atoms with van der Waals surface area (Å²) in [6, 6.07) is 12.2. The second kappa shape index (κ2) is 7.12. The van der Waals surface area contributed by atoms with Gasteiger partial charge >= 0.3 is 0 Å². The Morgan fingerprint density at radius 2 is 2.36 bits per heavy atom. The van der Waals surface area contributed by atoms with E-state index in [2.05, 4.69) is 38.8 Å². The lowest BCUT2D eigenvalue weighted by molar-refractivity contribution is -0.0531. The standard InChI is InChI=1S/C19H22N4OS/c20-11-15-4-1-6-18(21-15)22-16-10-19(24-13-16)7-3-8-23(14-19)12-17-5-2-9-25-17/h1-2,4-6,9,16H,3,7-8,10,12-14H2,(H,21,22)/t16-,19-/m1/s1. The molecule has 1 spiro atoms. The molecule has 0 aromatic carbocycles. The lowest BCUT2D eigenvalue weighted by Gasteiger charge is -2.39. The van der Waals surface area contributed by atoms with Gasteiger partial charge in [-0.2, -0.15) is 5.26 Å². The van der Waals surface area contributed by atoms with Gasteiger partial charge in [0.25, 0.3) is 0 Å². The molecule has 0 radical (unpaired) electrons. The van der Waals surface area contributed by atoms with Crippen molar-refractivity contribution in [3.63, 3.8) is 0 Å². The van der Waals surface area contributed by atoms with E-state index in [1.54, 1.807) is 6.07 Å². The number of ether oxygens (including phenoxy) is 1. The van der Waals surface area contributed by atoms with Gasteiger partial charge in [-0.1, -0.05) is 12.1 Å². The summed E-state index contributed by atoms with van der Waals surface area (Å²) < 4.78 is 6.28. The van der Waals surface area contributed by atoms with E-state index in [0.29, 0.717) is 12.3 Å². The Morgan fingerprint density at radius 3 is 3.20 bits per heavy atom. The van der Waals surface area contributed by atoms with Gasteiger partial charge in [-0.15, -0.1) is 11.3 Å². The predicted molar refractivity (Wildman–Crippen MR) is 98.5 cm³/mol. The number of hydrogen-bond donors (Lipinski definition) is 1. The van der Waals surface area contributed by atoms with Crippen LogP contribution in [0.5, 0.6) is 0 Å². The molecule has 2 aromatic rings. The monoisotopic (exact) mass is 354 g/mol. The van der Waals surface area contributed by atoms with Gasteiger partial charge in [-0.25, -0.2) is 4.98 Å². The molecule has 2 aromatic heterocycles. The van der Waals surface area contributed by atoms with Gasteiger partial charge in [0, 0.05) is 24.4 Å². The van der Waals surface area contributed by atoms with Gasteiger partial charge in [-0.05, 0) is 43.0 Å². The number of rotatable bonds is 4. The van der Waals surface area contributed by atoms with Crippen molar-refractivity contribution in [3.05, 3.63) is 46.3 Å². The maximum atomic E-state index is 8.99. The molecule has 2 aliphatic rings. The van der Waals surface area contributed by atoms with Gasteiger partial charge in [0.05, 0.1) is 18.2 Å². The Balaban J connectivity index is 1.38. The summed E-state index contributed by atoms with van der Waals surface area (Å²) in [6.07, 6.45) is 3.30. The van der Waals surface area contributed by atoms with Gasteiger partial charge in [0.1, 0.15) is 17.6 Å². The first-order valence-corrected chi connectivity index (χ1v) is 9.65. The average Bonchev–Trinajstić information content (AvgIpc) is 3.26. The minimum Gasteiger partial charge on any atom is -0.371 e. The summed E-state index contributed by atoms with van der Waals surface area (Å²) in [5, 5.41) is 14.6. The normalized spacial score (nSPS) is 26.6. The van der Waals surface area contributed by atoms with Crippen molar-refractivity contribution in [3.8, 4) is 6.07 Å².